The van der Waals surface area contributed by atoms with E-state index in [2.05, 4.69) is 0 Å². The molecule has 0 aromatic carbocycles. The lowest BCUT2D eigenvalue weighted by molar-refractivity contribution is -0.310. The summed E-state index contributed by atoms with van der Waals surface area (Å²) in [5, 5.41) is 54.8. The molecule has 0 aliphatic carbocycles. The van der Waals surface area contributed by atoms with Crippen LogP contribution in [0, 0.1) is 0 Å². The Hall–Kier alpha value is -1.30. The molecule has 0 aromatic heterocycles. The molecule has 6 atom stereocenters. The maximum absolute atomic E-state index is 10.8. The number of hydrogen-bond acceptors (Lipinski definition) is 8. The molecule has 1 heterocycles. The summed E-state index contributed by atoms with van der Waals surface area (Å²) in [7, 11) is 0. The minimum absolute atomic E-state index is 0.707. The molecule has 10 heteroatoms. The smallest absolute Gasteiger partial charge is 0.333 e. The van der Waals surface area contributed by atoms with E-state index in [0.717, 1.165) is 0 Å². The topological polar surface area (TPSA) is 174 Å². The maximum Gasteiger partial charge on any atom is 0.333 e. The summed E-state index contributed by atoms with van der Waals surface area (Å²) >= 11 is 0. The van der Waals surface area contributed by atoms with Gasteiger partial charge in [-0.3, -0.25) is 4.79 Å². The number of aliphatic carboxylic acids is 2. The first kappa shape index (κ1) is 16.8. The van der Waals surface area contributed by atoms with Crippen LogP contribution in [0.1, 0.15) is 6.42 Å². The van der Waals surface area contributed by atoms with Gasteiger partial charge in [-0.05, 0) is 0 Å². The van der Waals surface area contributed by atoms with Gasteiger partial charge in [-0.25, -0.2) is 4.79 Å². The van der Waals surface area contributed by atoms with E-state index in [1.165, 1.54) is 0 Å². The highest BCUT2D eigenvalue weighted by atomic mass is 16.7. The molecule has 0 spiro atoms. The zero-order chi connectivity index (χ0) is 15.4. The van der Waals surface area contributed by atoms with Crippen LogP contribution in [0.3, 0.4) is 0 Å². The van der Waals surface area contributed by atoms with E-state index in [4.69, 9.17) is 24.8 Å². The average Bonchev–Trinajstić information content (AvgIpc) is 2.37. The first-order valence-electron chi connectivity index (χ1n) is 5.68. The SMILES string of the molecule is O=C(O)C[C@H](O[C@H]1O[C@H](CO)[C@@H](O)[C@H](O)[C@@H]1O)C(=O)O. The summed E-state index contributed by atoms with van der Waals surface area (Å²) in [5.41, 5.74) is 0. The van der Waals surface area contributed by atoms with Gasteiger partial charge in [0.25, 0.3) is 0 Å². The van der Waals surface area contributed by atoms with Gasteiger partial charge in [-0.15, -0.1) is 0 Å². The summed E-state index contributed by atoms with van der Waals surface area (Å²) in [5.74, 6) is -3.04. The molecule has 10 nitrogen and oxygen atoms in total. The monoisotopic (exact) mass is 296 g/mol. The minimum Gasteiger partial charge on any atom is -0.481 e. The highest BCUT2D eigenvalue weighted by Crippen LogP contribution is 2.23. The zero-order valence-corrected chi connectivity index (χ0v) is 10.2. The molecule has 1 rings (SSSR count). The fourth-order valence-corrected chi connectivity index (χ4v) is 1.69. The van der Waals surface area contributed by atoms with Gasteiger partial charge in [0.1, 0.15) is 24.4 Å². The lowest BCUT2D eigenvalue weighted by Crippen LogP contribution is -2.60. The molecule has 20 heavy (non-hydrogen) atoms. The van der Waals surface area contributed by atoms with Crippen LogP contribution in [0.4, 0.5) is 0 Å². The Morgan fingerprint density at radius 3 is 2.15 bits per heavy atom. The Balaban J connectivity index is 2.77. The summed E-state index contributed by atoms with van der Waals surface area (Å²) in [6.07, 6.45) is -10.8. The first-order valence-corrected chi connectivity index (χ1v) is 5.68. The normalized spacial score (nSPS) is 35.5. The Morgan fingerprint density at radius 1 is 1.10 bits per heavy atom. The molecule has 0 saturated carbocycles. The van der Waals surface area contributed by atoms with Gasteiger partial charge in [0.2, 0.25) is 0 Å². The molecular weight excluding hydrogens is 280 g/mol. The van der Waals surface area contributed by atoms with Gasteiger partial charge in [0.05, 0.1) is 13.0 Å². The van der Waals surface area contributed by atoms with Crippen molar-refractivity contribution in [1.82, 2.24) is 0 Å². The molecule has 0 amide bonds. The highest BCUT2D eigenvalue weighted by molar-refractivity contribution is 5.79. The summed E-state index contributed by atoms with van der Waals surface area (Å²) in [6.45, 7) is -0.707. The van der Waals surface area contributed by atoms with Gasteiger partial charge in [0.15, 0.2) is 12.4 Å². The van der Waals surface area contributed by atoms with E-state index in [-0.39, 0.29) is 0 Å². The van der Waals surface area contributed by atoms with E-state index in [1.807, 2.05) is 0 Å². The maximum atomic E-state index is 10.8. The second kappa shape index (κ2) is 6.92. The molecule has 0 bridgehead atoms. The lowest BCUT2D eigenvalue weighted by Gasteiger charge is -2.40. The van der Waals surface area contributed by atoms with Crippen molar-refractivity contribution >= 4 is 11.9 Å². The van der Waals surface area contributed by atoms with Crippen LogP contribution in [-0.4, -0.2) is 86.0 Å². The van der Waals surface area contributed by atoms with Gasteiger partial charge in [-0.1, -0.05) is 0 Å². The minimum atomic E-state index is -1.81. The van der Waals surface area contributed by atoms with Crippen molar-refractivity contribution in [2.45, 2.75) is 43.2 Å². The fraction of sp³-hybridized carbons (Fsp3) is 0.800. The highest BCUT2D eigenvalue weighted by Gasteiger charge is 2.45. The predicted octanol–water partition coefficient (Wildman–Crippen LogP) is -3.27. The number of aliphatic hydroxyl groups excluding tert-OH is 4. The number of hydrogen-bond donors (Lipinski definition) is 6. The molecule has 0 radical (unpaired) electrons. The third-order valence-electron chi connectivity index (χ3n) is 2.78. The Bertz CT molecular complexity index is 356. The first-order chi connectivity index (χ1) is 9.27. The van der Waals surface area contributed by atoms with Crippen LogP contribution >= 0.6 is 0 Å². The van der Waals surface area contributed by atoms with E-state index < -0.39 is 61.8 Å². The van der Waals surface area contributed by atoms with Crippen molar-refractivity contribution in [3.05, 3.63) is 0 Å². The fourth-order valence-electron chi connectivity index (χ4n) is 1.69. The van der Waals surface area contributed by atoms with Crippen LogP contribution in [0.15, 0.2) is 0 Å². The van der Waals surface area contributed by atoms with Crippen LogP contribution in [0.25, 0.3) is 0 Å². The summed E-state index contributed by atoms with van der Waals surface area (Å²) in [6, 6.07) is 0. The van der Waals surface area contributed by atoms with E-state index in [1.54, 1.807) is 0 Å². The number of ether oxygens (including phenoxy) is 2. The van der Waals surface area contributed by atoms with Crippen LogP contribution in [0.2, 0.25) is 0 Å². The van der Waals surface area contributed by atoms with E-state index in [0.29, 0.717) is 0 Å². The molecule has 1 aliphatic rings. The quantitative estimate of drug-likeness (QED) is 0.292. The van der Waals surface area contributed by atoms with Crippen molar-refractivity contribution in [2.24, 2.45) is 0 Å². The lowest BCUT2D eigenvalue weighted by atomic mass is 9.99. The molecule has 0 aromatic rings. The van der Waals surface area contributed by atoms with Gasteiger partial charge < -0.3 is 40.1 Å². The molecule has 1 aliphatic heterocycles. The molecule has 6 N–H and O–H groups in total. The number of rotatable bonds is 6. The third kappa shape index (κ3) is 3.85. The van der Waals surface area contributed by atoms with Gasteiger partial charge in [-0.2, -0.15) is 0 Å². The molecule has 0 unspecified atom stereocenters. The van der Waals surface area contributed by atoms with Gasteiger partial charge >= 0.3 is 11.9 Å². The predicted molar refractivity (Wildman–Crippen MR) is 58.5 cm³/mol. The third-order valence-corrected chi connectivity index (χ3v) is 2.78. The van der Waals surface area contributed by atoms with Gasteiger partial charge in [0, 0.05) is 0 Å². The van der Waals surface area contributed by atoms with Crippen LogP contribution in [0.5, 0.6) is 0 Å². The molecular formula is C10H16O10. The number of aliphatic hydroxyl groups is 4. The number of carbonyl (C=O) groups is 2. The van der Waals surface area contributed by atoms with Crippen molar-refractivity contribution in [1.29, 1.82) is 0 Å². The average molecular weight is 296 g/mol. The largest absolute Gasteiger partial charge is 0.481 e. The Kier molecular flexibility index (Phi) is 5.80. The van der Waals surface area contributed by atoms with Crippen molar-refractivity contribution in [3.8, 4) is 0 Å². The van der Waals surface area contributed by atoms with Crippen LogP contribution < -0.4 is 0 Å². The number of carboxylic acids is 2. The molecule has 1 saturated heterocycles. The Morgan fingerprint density at radius 2 is 1.70 bits per heavy atom. The number of carboxylic acid groups (broad SMARTS) is 2. The van der Waals surface area contributed by atoms with E-state index in [9.17, 15) is 24.9 Å². The second-order valence-corrected chi connectivity index (χ2v) is 4.26. The standard InChI is InChI=1S/C10H16O10/c11-2-4-6(14)7(15)8(16)10(20-4)19-3(9(17)18)1-5(12)13/h3-4,6-8,10-11,14-16H,1-2H2,(H,12,13)(H,17,18)/t3-,4+,6+,7-,8-,10-/m0/s1. The summed E-state index contributed by atoms with van der Waals surface area (Å²) in [4.78, 5) is 21.3. The van der Waals surface area contributed by atoms with Crippen molar-refractivity contribution < 1.29 is 49.7 Å². The zero-order valence-electron chi connectivity index (χ0n) is 10.2. The van der Waals surface area contributed by atoms with Crippen LogP contribution in [-0.2, 0) is 19.1 Å². The Labute approximate surface area is 112 Å². The summed E-state index contributed by atoms with van der Waals surface area (Å²) < 4.78 is 9.70. The molecule has 116 valence electrons. The van der Waals surface area contributed by atoms with Crippen molar-refractivity contribution in [3.63, 3.8) is 0 Å². The molecule has 1 fully saturated rings. The van der Waals surface area contributed by atoms with E-state index >= 15 is 0 Å². The second-order valence-electron chi connectivity index (χ2n) is 4.26. The van der Waals surface area contributed by atoms with Crippen molar-refractivity contribution in [2.75, 3.05) is 6.61 Å².